The van der Waals surface area contributed by atoms with Crippen molar-refractivity contribution in [2.45, 2.75) is 19.9 Å². The van der Waals surface area contributed by atoms with Gasteiger partial charge in [0.1, 0.15) is 5.75 Å². The summed E-state index contributed by atoms with van der Waals surface area (Å²) in [6.07, 6.45) is 0. The zero-order valence-electron chi connectivity index (χ0n) is 11.2. The summed E-state index contributed by atoms with van der Waals surface area (Å²) in [5.74, 6) is 0.839. The van der Waals surface area contributed by atoms with Gasteiger partial charge in [-0.1, -0.05) is 18.2 Å². The number of ether oxygens (including phenoxy) is 1. The Labute approximate surface area is 104 Å². The lowest BCUT2D eigenvalue weighted by Gasteiger charge is -2.25. The lowest BCUT2D eigenvalue weighted by molar-refractivity contribution is 0.407. The van der Waals surface area contributed by atoms with E-state index in [1.54, 1.807) is 7.11 Å². The minimum Gasteiger partial charge on any atom is -0.496 e. The normalized spacial score (nSPS) is 12.1. The Morgan fingerprint density at radius 1 is 1.53 bits per heavy atom. The van der Waals surface area contributed by atoms with Crippen LogP contribution in [-0.2, 0) is 0 Å². The molecule has 0 aliphatic carbocycles. The predicted octanol–water partition coefficient (Wildman–Crippen LogP) is 2.73. The van der Waals surface area contributed by atoms with Crippen molar-refractivity contribution in [1.29, 1.82) is 0 Å². The molecular formula is C14H22N2O. The van der Waals surface area contributed by atoms with E-state index in [0.717, 1.165) is 29.1 Å². The highest BCUT2D eigenvalue weighted by Crippen LogP contribution is 2.33. The van der Waals surface area contributed by atoms with E-state index in [4.69, 9.17) is 10.5 Å². The van der Waals surface area contributed by atoms with Crippen LogP contribution in [0.4, 0.5) is 5.69 Å². The van der Waals surface area contributed by atoms with E-state index >= 15 is 0 Å². The molecular weight excluding hydrogens is 212 g/mol. The Hall–Kier alpha value is -1.48. The monoisotopic (exact) mass is 234 g/mol. The van der Waals surface area contributed by atoms with E-state index < -0.39 is 0 Å². The summed E-state index contributed by atoms with van der Waals surface area (Å²) in [5, 5.41) is 0. The first-order chi connectivity index (χ1) is 7.97. The van der Waals surface area contributed by atoms with Crippen molar-refractivity contribution >= 4 is 5.69 Å². The summed E-state index contributed by atoms with van der Waals surface area (Å²) in [5.41, 5.74) is 9.29. The number of likely N-dealkylation sites (N-methyl/N-ethyl adjacent to an activating group) is 1. The zero-order valence-corrected chi connectivity index (χ0v) is 11.2. The molecule has 0 heterocycles. The maximum absolute atomic E-state index is 6.03. The molecule has 3 heteroatoms. The SMILES string of the molecule is C=C(C)CN(C)c1cccc(OC)c1C(C)N. The molecule has 0 radical (unpaired) electrons. The van der Waals surface area contributed by atoms with Gasteiger partial charge in [-0.25, -0.2) is 0 Å². The van der Waals surface area contributed by atoms with Crippen molar-refractivity contribution in [3.63, 3.8) is 0 Å². The van der Waals surface area contributed by atoms with Gasteiger partial charge in [0.15, 0.2) is 0 Å². The number of hydrogen-bond acceptors (Lipinski definition) is 3. The van der Waals surface area contributed by atoms with E-state index in [1.807, 2.05) is 33.0 Å². The molecule has 0 aliphatic heterocycles. The highest BCUT2D eigenvalue weighted by Gasteiger charge is 2.15. The highest BCUT2D eigenvalue weighted by molar-refractivity contribution is 5.60. The smallest absolute Gasteiger partial charge is 0.125 e. The van der Waals surface area contributed by atoms with Crippen LogP contribution in [0.3, 0.4) is 0 Å². The average molecular weight is 234 g/mol. The second-order valence-electron chi connectivity index (χ2n) is 4.49. The van der Waals surface area contributed by atoms with Gasteiger partial charge in [-0.05, 0) is 26.0 Å². The second-order valence-corrected chi connectivity index (χ2v) is 4.49. The average Bonchev–Trinajstić information content (AvgIpc) is 2.26. The molecule has 0 amide bonds. The third-order valence-electron chi connectivity index (χ3n) is 2.64. The molecule has 0 bridgehead atoms. The van der Waals surface area contributed by atoms with Crippen LogP contribution in [0.15, 0.2) is 30.4 Å². The zero-order chi connectivity index (χ0) is 13.0. The molecule has 1 atom stereocenters. The van der Waals surface area contributed by atoms with Crippen LogP contribution in [0, 0.1) is 0 Å². The highest BCUT2D eigenvalue weighted by atomic mass is 16.5. The Kier molecular flexibility index (Phi) is 4.58. The van der Waals surface area contributed by atoms with Crippen molar-refractivity contribution < 1.29 is 4.74 Å². The first-order valence-electron chi connectivity index (χ1n) is 5.75. The van der Waals surface area contributed by atoms with Gasteiger partial charge >= 0.3 is 0 Å². The van der Waals surface area contributed by atoms with E-state index in [-0.39, 0.29) is 6.04 Å². The Morgan fingerprint density at radius 2 is 2.18 bits per heavy atom. The first-order valence-corrected chi connectivity index (χ1v) is 5.75. The Bertz CT molecular complexity index is 399. The fourth-order valence-electron chi connectivity index (χ4n) is 1.99. The molecule has 1 aromatic rings. The summed E-state index contributed by atoms with van der Waals surface area (Å²) in [6, 6.07) is 5.92. The van der Waals surface area contributed by atoms with E-state index in [1.165, 1.54) is 0 Å². The van der Waals surface area contributed by atoms with Crippen LogP contribution in [0.2, 0.25) is 0 Å². The number of rotatable bonds is 5. The van der Waals surface area contributed by atoms with Gasteiger partial charge in [-0.2, -0.15) is 0 Å². The maximum Gasteiger partial charge on any atom is 0.125 e. The van der Waals surface area contributed by atoms with Crippen LogP contribution < -0.4 is 15.4 Å². The summed E-state index contributed by atoms with van der Waals surface area (Å²) >= 11 is 0. The van der Waals surface area contributed by atoms with Gasteiger partial charge < -0.3 is 15.4 Å². The van der Waals surface area contributed by atoms with Gasteiger partial charge in [-0.15, -0.1) is 0 Å². The number of anilines is 1. The number of benzene rings is 1. The Balaban J connectivity index is 3.18. The molecule has 0 fully saturated rings. The van der Waals surface area contributed by atoms with E-state index in [0.29, 0.717) is 0 Å². The van der Waals surface area contributed by atoms with Crippen LogP contribution in [0.5, 0.6) is 5.75 Å². The molecule has 0 saturated carbocycles. The first kappa shape index (κ1) is 13.6. The molecule has 0 saturated heterocycles. The van der Waals surface area contributed by atoms with Gasteiger partial charge in [0.05, 0.1) is 7.11 Å². The van der Waals surface area contributed by atoms with Gasteiger partial charge in [0.2, 0.25) is 0 Å². The molecule has 2 N–H and O–H groups in total. The molecule has 0 aromatic heterocycles. The van der Waals surface area contributed by atoms with Crippen LogP contribution in [0.1, 0.15) is 25.5 Å². The standard InChI is InChI=1S/C14H22N2O/c1-10(2)9-16(4)12-7-6-8-13(17-5)14(12)11(3)15/h6-8,11H,1,9,15H2,2-5H3. The molecule has 1 rings (SSSR count). The third kappa shape index (κ3) is 3.24. The number of hydrogen-bond donors (Lipinski definition) is 1. The summed E-state index contributed by atoms with van der Waals surface area (Å²) in [7, 11) is 3.71. The molecule has 1 unspecified atom stereocenters. The fourth-order valence-corrected chi connectivity index (χ4v) is 1.99. The molecule has 94 valence electrons. The molecule has 3 nitrogen and oxygen atoms in total. The molecule has 0 spiro atoms. The van der Waals surface area contributed by atoms with Crippen molar-refractivity contribution in [3.8, 4) is 5.75 Å². The van der Waals surface area contributed by atoms with E-state index in [9.17, 15) is 0 Å². The van der Waals surface area contributed by atoms with Crippen molar-refractivity contribution in [2.75, 3.05) is 25.6 Å². The van der Waals surface area contributed by atoms with Crippen LogP contribution >= 0.6 is 0 Å². The molecule has 0 aliphatic rings. The minimum atomic E-state index is -0.0614. The van der Waals surface area contributed by atoms with Crippen molar-refractivity contribution in [2.24, 2.45) is 5.73 Å². The van der Waals surface area contributed by atoms with E-state index in [2.05, 4.69) is 17.5 Å². The molecule has 1 aromatic carbocycles. The predicted molar refractivity (Wildman–Crippen MR) is 73.7 cm³/mol. The third-order valence-corrected chi connectivity index (χ3v) is 2.64. The largest absolute Gasteiger partial charge is 0.496 e. The summed E-state index contributed by atoms with van der Waals surface area (Å²) < 4.78 is 5.37. The quantitative estimate of drug-likeness (QED) is 0.796. The summed E-state index contributed by atoms with van der Waals surface area (Å²) in [4.78, 5) is 2.14. The minimum absolute atomic E-state index is 0.0614. The lowest BCUT2D eigenvalue weighted by Crippen LogP contribution is -2.22. The van der Waals surface area contributed by atoms with Crippen LogP contribution in [0.25, 0.3) is 0 Å². The van der Waals surface area contributed by atoms with Crippen LogP contribution in [-0.4, -0.2) is 20.7 Å². The number of nitrogens with zero attached hydrogens (tertiary/aromatic N) is 1. The second kappa shape index (κ2) is 5.73. The fraction of sp³-hybridized carbons (Fsp3) is 0.429. The van der Waals surface area contributed by atoms with Gasteiger partial charge in [0, 0.05) is 30.9 Å². The van der Waals surface area contributed by atoms with Crippen molar-refractivity contribution in [3.05, 3.63) is 35.9 Å². The maximum atomic E-state index is 6.03. The number of nitrogens with two attached hydrogens (primary N) is 1. The topological polar surface area (TPSA) is 38.5 Å². The lowest BCUT2D eigenvalue weighted by atomic mass is 10.0. The van der Waals surface area contributed by atoms with Crippen molar-refractivity contribution in [1.82, 2.24) is 0 Å². The summed E-state index contributed by atoms with van der Waals surface area (Å²) in [6.45, 7) is 8.73. The van der Waals surface area contributed by atoms with Gasteiger partial charge in [0.25, 0.3) is 0 Å². The van der Waals surface area contributed by atoms with Gasteiger partial charge in [-0.3, -0.25) is 0 Å². The number of methoxy groups -OCH3 is 1. The Morgan fingerprint density at radius 3 is 2.65 bits per heavy atom. The molecule has 17 heavy (non-hydrogen) atoms.